The molecule has 1 nitrogen and oxygen atoms in total. The van der Waals surface area contributed by atoms with Gasteiger partial charge >= 0.3 is 17.8 Å². The predicted octanol–water partition coefficient (Wildman–Crippen LogP) is 8.46. The third-order valence-corrected chi connectivity index (χ3v) is 8.37. The zero-order valence-corrected chi connectivity index (χ0v) is 19.9. The number of thiophene rings is 2. The zero-order valence-electron chi connectivity index (χ0n) is 17.4. The van der Waals surface area contributed by atoms with E-state index in [9.17, 15) is 22.4 Å². The lowest BCUT2D eigenvalue weighted by molar-refractivity contribution is -0.254. The first-order chi connectivity index (χ1) is 15.4. The van der Waals surface area contributed by atoms with Crippen LogP contribution in [0.4, 0.5) is 26.3 Å². The number of hydrogen-bond acceptors (Lipinski definition) is 4. The summed E-state index contributed by atoms with van der Waals surface area (Å²) in [6.45, 7) is 2.77. The Labute approximate surface area is 198 Å². The van der Waals surface area contributed by atoms with Crippen molar-refractivity contribution >= 4 is 51.9 Å². The van der Waals surface area contributed by atoms with Gasteiger partial charge in [-0.2, -0.15) is 26.3 Å². The molecule has 0 aliphatic heterocycles. The molecule has 4 rings (SSSR count). The highest BCUT2D eigenvalue weighted by atomic mass is 32.2. The molecule has 0 spiro atoms. The SMILES string of the molecule is CSc1ccc(-c2cc(C3=C(c4cc(C=O)sc4C)C(F)(F)C(F)(F)C3(F)F)c(C)s2)cc1. The number of halogens is 6. The van der Waals surface area contributed by atoms with E-state index >= 15 is 8.78 Å². The van der Waals surface area contributed by atoms with Crippen LogP contribution < -0.4 is 0 Å². The summed E-state index contributed by atoms with van der Waals surface area (Å²) in [6.07, 6.45) is 2.26. The van der Waals surface area contributed by atoms with Gasteiger partial charge in [0.1, 0.15) is 0 Å². The average molecular weight is 519 g/mol. The lowest BCUT2D eigenvalue weighted by Crippen LogP contribution is -2.48. The molecule has 0 amide bonds. The standard InChI is InChI=1S/C23H16F6OS3/c1-11-16(8-15(10-30)32-11)19-20(22(26,27)23(28,29)21(19,24)25)17-9-18(33-12(17)2)13-4-6-14(31-3)7-5-13/h4-10H,1-3H3. The molecule has 2 aromatic heterocycles. The van der Waals surface area contributed by atoms with E-state index in [0.29, 0.717) is 16.7 Å². The third kappa shape index (κ3) is 3.49. The summed E-state index contributed by atoms with van der Waals surface area (Å²) in [6, 6.07) is 9.38. The van der Waals surface area contributed by atoms with E-state index in [1.165, 1.54) is 31.7 Å². The van der Waals surface area contributed by atoms with Crippen LogP contribution in [0, 0.1) is 13.8 Å². The number of benzene rings is 1. The number of allylic oxidation sites excluding steroid dienone is 2. The van der Waals surface area contributed by atoms with Gasteiger partial charge in [-0.25, -0.2) is 0 Å². The summed E-state index contributed by atoms with van der Waals surface area (Å²) in [5.41, 5.74) is -2.97. The molecule has 174 valence electrons. The molecule has 0 unspecified atom stereocenters. The minimum Gasteiger partial charge on any atom is -0.297 e. The molecule has 0 saturated heterocycles. The van der Waals surface area contributed by atoms with Crippen molar-refractivity contribution in [3.63, 3.8) is 0 Å². The minimum absolute atomic E-state index is 0.0136. The summed E-state index contributed by atoms with van der Waals surface area (Å²) in [4.78, 5) is 12.9. The molecule has 10 heteroatoms. The van der Waals surface area contributed by atoms with Crippen LogP contribution in [0.2, 0.25) is 0 Å². The number of aldehydes is 1. The summed E-state index contributed by atoms with van der Waals surface area (Å²) < 4.78 is 89.1. The van der Waals surface area contributed by atoms with E-state index in [1.807, 2.05) is 18.4 Å². The van der Waals surface area contributed by atoms with E-state index in [0.717, 1.165) is 33.6 Å². The second-order valence-corrected chi connectivity index (χ2v) is 10.9. The molecule has 0 atom stereocenters. The van der Waals surface area contributed by atoms with Gasteiger partial charge in [0.15, 0.2) is 6.29 Å². The molecule has 1 aliphatic carbocycles. The number of rotatable bonds is 5. The fraction of sp³-hybridized carbons (Fsp3) is 0.261. The van der Waals surface area contributed by atoms with Gasteiger partial charge in [-0.1, -0.05) is 12.1 Å². The predicted molar refractivity (Wildman–Crippen MR) is 122 cm³/mol. The minimum atomic E-state index is -5.63. The summed E-state index contributed by atoms with van der Waals surface area (Å²) >= 11 is 3.36. The molecule has 2 heterocycles. The van der Waals surface area contributed by atoms with E-state index in [2.05, 4.69) is 0 Å². The Morgan fingerprint density at radius 1 is 0.818 bits per heavy atom. The highest BCUT2D eigenvalue weighted by molar-refractivity contribution is 7.98. The Bertz CT molecular complexity index is 1270. The van der Waals surface area contributed by atoms with Crippen molar-refractivity contribution in [1.82, 2.24) is 0 Å². The normalized spacial score (nSPS) is 18.7. The van der Waals surface area contributed by atoms with Crippen LogP contribution in [0.15, 0.2) is 41.3 Å². The van der Waals surface area contributed by atoms with Gasteiger partial charge in [0, 0.05) is 30.7 Å². The van der Waals surface area contributed by atoms with E-state index < -0.39 is 34.5 Å². The van der Waals surface area contributed by atoms with Crippen LogP contribution in [0.25, 0.3) is 21.6 Å². The molecule has 3 aromatic rings. The largest absolute Gasteiger partial charge is 0.380 e. The zero-order chi connectivity index (χ0) is 24.3. The maximum absolute atomic E-state index is 15.1. The van der Waals surface area contributed by atoms with Crippen molar-refractivity contribution in [3.8, 4) is 10.4 Å². The maximum Gasteiger partial charge on any atom is 0.380 e. The first-order valence-corrected chi connectivity index (χ1v) is 12.4. The second kappa shape index (κ2) is 8.02. The van der Waals surface area contributed by atoms with Crippen molar-refractivity contribution in [2.24, 2.45) is 0 Å². The smallest absolute Gasteiger partial charge is 0.297 e. The van der Waals surface area contributed by atoms with Crippen LogP contribution in [0.5, 0.6) is 0 Å². The van der Waals surface area contributed by atoms with Crippen LogP contribution in [-0.4, -0.2) is 30.3 Å². The number of thioether (sulfide) groups is 1. The molecule has 0 N–H and O–H groups in total. The van der Waals surface area contributed by atoms with Crippen molar-refractivity contribution in [3.05, 3.63) is 62.2 Å². The lowest BCUT2D eigenvalue weighted by Gasteiger charge is -2.25. The van der Waals surface area contributed by atoms with Crippen LogP contribution in [-0.2, 0) is 0 Å². The maximum atomic E-state index is 15.1. The monoisotopic (exact) mass is 518 g/mol. The van der Waals surface area contributed by atoms with Gasteiger partial charge in [0.05, 0.1) is 4.88 Å². The van der Waals surface area contributed by atoms with Gasteiger partial charge in [0.2, 0.25) is 0 Å². The summed E-state index contributed by atoms with van der Waals surface area (Å²) in [7, 11) is 0. The van der Waals surface area contributed by atoms with Gasteiger partial charge in [-0.15, -0.1) is 34.4 Å². The molecule has 0 bridgehead atoms. The van der Waals surface area contributed by atoms with E-state index in [1.54, 1.807) is 12.1 Å². The van der Waals surface area contributed by atoms with Crippen molar-refractivity contribution in [2.45, 2.75) is 36.5 Å². The number of carbonyl (C=O) groups excluding carboxylic acids is 1. The molecule has 0 radical (unpaired) electrons. The number of alkyl halides is 6. The van der Waals surface area contributed by atoms with Crippen molar-refractivity contribution < 1.29 is 31.1 Å². The molecule has 0 fully saturated rings. The highest BCUT2D eigenvalue weighted by Crippen LogP contribution is 2.65. The molecule has 33 heavy (non-hydrogen) atoms. The van der Waals surface area contributed by atoms with E-state index in [4.69, 9.17) is 0 Å². The number of aryl methyl sites for hydroxylation is 2. The Kier molecular flexibility index (Phi) is 5.86. The average Bonchev–Trinajstić information content (AvgIpc) is 3.35. The Morgan fingerprint density at radius 2 is 1.33 bits per heavy atom. The second-order valence-electron chi connectivity index (χ2n) is 7.52. The highest BCUT2D eigenvalue weighted by Gasteiger charge is 2.80. The summed E-state index contributed by atoms with van der Waals surface area (Å²) in [5.74, 6) is -15.9. The van der Waals surface area contributed by atoms with Gasteiger partial charge in [-0.3, -0.25) is 4.79 Å². The van der Waals surface area contributed by atoms with Crippen LogP contribution >= 0.6 is 34.4 Å². The Hall–Kier alpha value is -2.04. The molecule has 1 aliphatic rings. The fourth-order valence-electron chi connectivity index (χ4n) is 3.87. The van der Waals surface area contributed by atoms with E-state index in [-0.39, 0.29) is 20.2 Å². The Morgan fingerprint density at radius 3 is 1.82 bits per heavy atom. The number of hydrogen-bond donors (Lipinski definition) is 0. The topological polar surface area (TPSA) is 17.1 Å². The van der Waals surface area contributed by atoms with Crippen molar-refractivity contribution in [2.75, 3.05) is 6.26 Å². The quantitative estimate of drug-likeness (QED) is 0.191. The summed E-state index contributed by atoms with van der Waals surface area (Å²) in [5, 5.41) is 0. The van der Waals surface area contributed by atoms with Gasteiger partial charge < -0.3 is 0 Å². The molecular weight excluding hydrogens is 502 g/mol. The first-order valence-electron chi connectivity index (χ1n) is 9.56. The van der Waals surface area contributed by atoms with Gasteiger partial charge in [0.25, 0.3) is 0 Å². The molecular formula is C23H16F6OS3. The Balaban J connectivity index is 2.00. The number of carbonyl (C=O) groups is 1. The molecule has 0 saturated carbocycles. The van der Waals surface area contributed by atoms with Crippen LogP contribution in [0.3, 0.4) is 0 Å². The van der Waals surface area contributed by atoms with Crippen molar-refractivity contribution in [1.29, 1.82) is 0 Å². The molecule has 1 aromatic carbocycles. The lowest BCUT2D eigenvalue weighted by atomic mass is 9.95. The fourth-order valence-corrected chi connectivity index (χ4v) is 6.16. The van der Waals surface area contributed by atoms with Crippen LogP contribution in [0.1, 0.15) is 30.6 Å². The third-order valence-electron chi connectivity index (χ3n) is 5.55. The first kappa shape index (κ1) is 24.1. The van der Waals surface area contributed by atoms with Gasteiger partial charge in [-0.05, 0) is 61.1 Å².